The number of carboxylic acids is 1. The number of thioether (sulfide) groups is 1. The van der Waals surface area contributed by atoms with Crippen LogP contribution in [0.1, 0.15) is 23.7 Å². The van der Waals surface area contributed by atoms with Crippen molar-refractivity contribution in [1.82, 2.24) is 29.8 Å². The molecule has 2 aromatic heterocycles. The van der Waals surface area contributed by atoms with Gasteiger partial charge in [-0.1, -0.05) is 28.3 Å². The minimum absolute atomic E-state index is 0.0150. The van der Waals surface area contributed by atoms with Gasteiger partial charge in [-0.15, -0.1) is 10.2 Å². The molecule has 0 saturated carbocycles. The molecule has 4 rings (SSSR count). The van der Waals surface area contributed by atoms with Crippen LogP contribution in [0.25, 0.3) is 0 Å². The van der Waals surface area contributed by atoms with Crippen LogP contribution in [0.4, 0.5) is 18.3 Å². The summed E-state index contributed by atoms with van der Waals surface area (Å²) >= 11 is 1.69. The van der Waals surface area contributed by atoms with Crippen LogP contribution in [-0.4, -0.2) is 70.3 Å². The third-order valence-electron chi connectivity index (χ3n) is 4.71. The number of aromatic nitrogens is 4. The molecule has 4 heterocycles. The molecule has 19 heteroatoms. The Bertz CT molecular complexity index is 1240. The van der Waals surface area contributed by atoms with E-state index in [4.69, 9.17) is 10.9 Å². The van der Waals surface area contributed by atoms with Crippen molar-refractivity contribution >= 4 is 63.3 Å². The molecule has 2 aromatic rings. The summed E-state index contributed by atoms with van der Waals surface area (Å²) < 4.78 is 41.9. The highest BCUT2D eigenvalue weighted by Crippen LogP contribution is 2.44. The maximum Gasteiger partial charge on any atom is 0.445 e. The van der Waals surface area contributed by atoms with Gasteiger partial charge in [0.1, 0.15) is 11.7 Å². The van der Waals surface area contributed by atoms with Crippen molar-refractivity contribution in [2.24, 2.45) is 5.16 Å². The van der Waals surface area contributed by atoms with E-state index < -0.39 is 52.5 Å². The van der Waals surface area contributed by atoms with Crippen LogP contribution < -0.4 is 11.1 Å². The normalized spacial score (nSPS) is 20.7. The molecule has 2 atom stereocenters. The summed E-state index contributed by atoms with van der Waals surface area (Å²) in [6.45, 7) is 0. The maximum absolute atomic E-state index is 12.8. The molecule has 1 saturated heterocycles. The van der Waals surface area contributed by atoms with E-state index in [9.17, 15) is 32.7 Å². The Morgan fingerprint density at radius 2 is 2.06 bits per heavy atom. The van der Waals surface area contributed by atoms with Crippen LogP contribution in [0.3, 0.4) is 0 Å². The van der Waals surface area contributed by atoms with Crippen LogP contribution in [0, 0.1) is 0 Å². The zero-order valence-electron chi connectivity index (χ0n) is 16.3. The number of amides is 2. The molecule has 2 aliphatic rings. The lowest BCUT2D eigenvalue weighted by Gasteiger charge is -2.49. The Morgan fingerprint density at radius 1 is 1.32 bits per heavy atom. The van der Waals surface area contributed by atoms with Gasteiger partial charge in [0, 0.05) is 16.4 Å². The van der Waals surface area contributed by atoms with Gasteiger partial charge < -0.3 is 21.4 Å². The predicted molar refractivity (Wildman–Crippen MR) is 110 cm³/mol. The number of hydrogen-bond donors (Lipinski definition) is 4. The summed E-state index contributed by atoms with van der Waals surface area (Å²) in [6.07, 6.45) is -4.39. The molecule has 2 aliphatic heterocycles. The molecule has 0 aromatic carbocycles. The summed E-state index contributed by atoms with van der Waals surface area (Å²) in [5, 5.41) is 29.3. The molecular weight excluding hydrogens is 525 g/mol. The first-order valence-electron chi connectivity index (χ1n) is 9.01. The van der Waals surface area contributed by atoms with Crippen LogP contribution in [-0.2, 0) is 20.6 Å². The number of oxime groups is 1. The number of nitrogens with two attached hydrogens (primary N) is 1. The van der Waals surface area contributed by atoms with E-state index >= 15 is 0 Å². The topological polar surface area (TPSA) is 197 Å². The van der Waals surface area contributed by atoms with Gasteiger partial charge in [-0.05, 0) is 12.8 Å². The number of alkyl halides is 3. The zero-order chi connectivity index (χ0) is 24.8. The highest BCUT2D eigenvalue weighted by Gasteiger charge is 2.54. The van der Waals surface area contributed by atoms with Gasteiger partial charge in [0.15, 0.2) is 9.47 Å². The van der Waals surface area contributed by atoms with Crippen molar-refractivity contribution in [3.05, 3.63) is 21.4 Å². The first-order chi connectivity index (χ1) is 16.0. The average Bonchev–Trinajstić information content (AvgIpc) is 3.41. The number of hydrogen-bond acceptors (Lipinski definition) is 13. The van der Waals surface area contributed by atoms with Crippen LogP contribution in [0.5, 0.6) is 0 Å². The van der Waals surface area contributed by atoms with Crippen molar-refractivity contribution < 1.29 is 37.9 Å². The van der Waals surface area contributed by atoms with Crippen molar-refractivity contribution in [3.8, 4) is 0 Å². The van der Waals surface area contributed by atoms with Crippen molar-refractivity contribution in [1.29, 1.82) is 0 Å². The lowest BCUT2D eigenvalue weighted by Crippen LogP contribution is -2.72. The quantitative estimate of drug-likeness (QED) is 0.176. The Labute approximate surface area is 198 Å². The lowest BCUT2D eigenvalue weighted by molar-refractivity contribution is -0.155. The van der Waals surface area contributed by atoms with Gasteiger partial charge in [-0.3, -0.25) is 14.5 Å². The van der Waals surface area contributed by atoms with Crippen LogP contribution in [0.2, 0.25) is 0 Å². The molecular formula is C15H11F3N8O5S3. The number of fused-ring (bicyclic) bond motifs is 1. The largest absolute Gasteiger partial charge is 0.477 e. The fourth-order valence-corrected chi connectivity index (χ4v) is 5.71. The molecule has 1 fully saturated rings. The highest BCUT2D eigenvalue weighted by molar-refractivity contribution is 8.04. The maximum atomic E-state index is 12.8. The van der Waals surface area contributed by atoms with Crippen molar-refractivity contribution in [3.63, 3.8) is 0 Å². The summed E-state index contributed by atoms with van der Waals surface area (Å²) in [5.41, 5.74) is 4.45. The molecule has 2 amide bonds. The Balaban J connectivity index is 1.52. The molecule has 0 aliphatic carbocycles. The molecule has 180 valence electrons. The highest BCUT2D eigenvalue weighted by atomic mass is 32.2. The van der Waals surface area contributed by atoms with E-state index in [2.05, 4.69) is 30.0 Å². The number of nitrogens with zero attached hydrogens (tertiary/aromatic N) is 6. The monoisotopic (exact) mass is 536 g/mol. The molecule has 34 heavy (non-hydrogen) atoms. The number of allylic oxidation sites excluding steroid dienone is 1. The summed E-state index contributed by atoms with van der Waals surface area (Å²) in [4.78, 5) is 41.9. The Morgan fingerprint density at radius 3 is 2.62 bits per heavy atom. The second-order valence-electron chi connectivity index (χ2n) is 6.72. The van der Waals surface area contributed by atoms with Gasteiger partial charge in [0.2, 0.25) is 16.5 Å². The number of carbonyl (C=O) groups is 3. The minimum atomic E-state index is -4.69. The van der Waals surface area contributed by atoms with Gasteiger partial charge in [0.25, 0.3) is 11.8 Å². The zero-order valence-corrected chi connectivity index (χ0v) is 18.8. The number of nitrogens with one attached hydrogen (secondary N) is 1. The Hall–Kier alpha value is -3.32. The van der Waals surface area contributed by atoms with Gasteiger partial charge in [0.05, 0.1) is 6.04 Å². The lowest BCUT2D eigenvalue weighted by atomic mass is 9.86. The second-order valence-corrected chi connectivity index (χ2v) is 9.82. The number of halogens is 3. The predicted octanol–water partition coefficient (Wildman–Crippen LogP) is 0.747. The molecule has 13 nitrogen and oxygen atoms in total. The number of rotatable bonds is 6. The minimum Gasteiger partial charge on any atom is -0.477 e. The Kier molecular flexibility index (Phi) is 6.16. The number of nitrogen functional groups attached to an aromatic ring is 1. The van der Waals surface area contributed by atoms with Crippen LogP contribution in [0.15, 0.2) is 20.1 Å². The molecule has 0 bridgehead atoms. The fourth-order valence-electron chi connectivity index (χ4n) is 3.33. The van der Waals surface area contributed by atoms with E-state index in [-0.39, 0.29) is 44.4 Å². The number of anilines is 1. The summed E-state index contributed by atoms with van der Waals surface area (Å²) in [7, 11) is 0. The van der Waals surface area contributed by atoms with E-state index in [0.717, 1.165) is 16.4 Å². The smallest absolute Gasteiger partial charge is 0.445 e. The fraction of sp³-hybridized carbons (Fsp3) is 0.333. The van der Waals surface area contributed by atoms with E-state index in [1.807, 2.05) is 0 Å². The summed E-state index contributed by atoms with van der Waals surface area (Å²) in [6, 6.07) is -1.86. The molecule has 5 N–H and O–H groups in total. The van der Waals surface area contributed by atoms with Gasteiger partial charge in [-0.2, -0.15) is 22.5 Å². The third kappa shape index (κ3) is 4.28. The second kappa shape index (κ2) is 8.80. The van der Waals surface area contributed by atoms with E-state index in [1.54, 1.807) is 0 Å². The standard InChI is InChI=1S/C15H11F3N8O5S3/c16-15(17,18)12-22-23-14(33-12)32-4-2-1-3-5(10(28)26(3)7(4)11(29)30)20-9(27)6(24-31)8-21-13(19)34-25-8/h3,5,31H,1-2H2,(H,20,27)(H,29,30)(H2,19,21,25)/b24-6-. The van der Waals surface area contributed by atoms with Crippen molar-refractivity contribution in [2.45, 2.75) is 35.4 Å². The average molecular weight is 536 g/mol. The number of carboxylic acid groups (broad SMARTS) is 1. The van der Waals surface area contributed by atoms with Crippen molar-refractivity contribution in [2.75, 3.05) is 5.73 Å². The number of carbonyl (C=O) groups excluding carboxylic acids is 2. The van der Waals surface area contributed by atoms with Gasteiger partial charge >= 0.3 is 12.1 Å². The SMILES string of the molecule is Nc1nc(/C(=N/O)C(=O)NC2C(=O)N3C(C(=O)O)=C(Sc4nnc(C(F)(F)F)s4)CCC23)ns1. The first kappa shape index (κ1) is 23.8. The molecule has 2 unspecified atom stereocenters. The van der Waals surface area contributed by atoms with Gasteiger partial charge in [-0.25, -0.2) is 4.79 Å². The first-order valence-corrected chi connectivity index (χ1v) is 11.4. The third-order valence-corrected chi connectivity index (χ3v) is 7.41. The number of aliphatic carboxylic acids is 1. The molecule has 0 spiro atoms. The summed E-state index contributed by atoms with van der Waals surface area (Å²) in [5.74, 6) is -3.46. The van der Waals surface area contributed by atoms with E-state index in [1.165, 1.54) is 0 Å². The van der Waals surface area contributed by atoms with Crippen LogP contribution >= 0.6 is 34.6 Å². The molecule has 0 radical (unpaired) electrons. The number of β-lactam (4-membered cyclic amide) rings is 1. The van der Waals surface area contributed by atoms with E-state index in [0.29, 0.717) is 11.8 Å².